The number of aromatic nitrogens is 2. The number of nitrogen functional groups attached to an aromatic ring is 1. The number of nitrogens with zero attached hydrogens (tertiary/aromatic N) is 2. The van der Waals surface area contributed by atoms with Crippen molar-refractivity contribution in [2.24, 2.45) is 5.92 Å². The number of carbonyl (C=O) groups is 1. The van der Waals surface area contributed by atoms with Gasteiger partial charge in [0.05, 0.1) is 11.9 Å². The van der Waals surface area contributed by atoms with Gasteiger partial charge in [-0.3, -0.25) is 4.79 Å². The van der Waals surface area contributed by atoms with Gasteiger partial charge in [0.2, 0.25) is 5.91 Å². The van der Waals surface area contributed by atoms with Gasteiger partial charge in [-0.2, -0.15) is 5.10 Å². The molecule has 19 heavy (non-hydrogen) atoms. The molecule has 0 atom stereocenters. The lowest BCUT2D eigenvalue weighted by atomic mass is 10.1. The zero-order chi connectivity index (χ0) is 13.8. The van der Waals surface area contributed by atoms with Crippen molar-refractivity contribution in [3.05, 3.63) is 36.5 Å². The molecule has 0 saturated carbocycles. The van der Waals surface area contributed by atoms with Crippen molar-refractivity contribution in [1.82, 2.24) is 9.78 Å². The first kappa shape index (κ1) is 13.1. The van der Waals surface area contributed by atoms with E-state index < -0.39 is 0 Å². The summed E-state index contributed by atoms with van der Waals surface area (Å²) in [5.74, 6) is 0.982. The molecule has 1 amide bonds. The van der Waals surface area contributed by atoms with Gasteiger partial charge in [0.1, 0.15) is 5.82 Å². The van der Waals surface area contributed by atoms with Crippen LogP contribution in [-0.2, 0) is 4.79 Å². The van der Waals surface area contributed by atoms with Gasteiger partial charge in [0.25, 0.3) is 0 Å². The molecule has 0 saturated heterocycles. The third-order valence-corrected chi connectivity index (χ3v) is 2.64. The van der Waals surface area contributed by atoms with Gasteiger partial charge in [-0.25, -0.2) is 4.68 Å². The van der Waals surface area contributed by atoms with Crippen molar-refractivity contribution in [3.8, 4) is 5.69 Å². The highest BCUT2D eigenvalue weighted by Crippen LogP contribution is 2.16. The maximum absolute atomic E-state index is 11.8. The first-order valence-corrected chi connectivity index (χ1v) is 6.26. The standard InChI is InChI=1S/C14H18N4O/c1-10(2)9-14(19)17-13-7-8-16-18(13)12-5-3-11(15)4-6-12/h3-8,10H,9,15H2,1-2H3,(H,17,19). The normalized spacial score (nSPS) is 10.7. The van der Waals surface area contributed by atoms with Gasteiger partial charge in [0.15, 0.2) is 0 Å². The summed E-state index contributed by atoms with van der Waals surface area (Å²) in [4.78, 5) is 11.8. The Morgan fingerprint density at radius 2 is 2.00 bits per heavy atom. The number of nitrogens with two attached hydrogens (primary N) is 1. The van der Waals surface area contributed by atoms with E-state index in [0.717, 1.165) is 5.69 Å². The molecule has 0 unspecified atom stereocenters. The predicted molar refractivity (Wildman–Crippen MR) is 76.1 cm³/mol. The average molecular weight is 258 g/mol. The molecular weight excluding hydrogens is 240 g/mol. The SMILES string of the molecule is CC(C)CC(=O)Nc1ccnn1-c1ccc(N)cc1. The Morgan fingerprint density at radius 1 is 1.32 bits per heavy atom. The third-order valence-electron chi connectivity index (χ3n) is 2.64. The lowest BCUT2D eigenvalue weighted by Gasteiger charge is -2.10. The van der Waals surface area contributed by atoms with Gasteiger partial charge < -0.3 is 11.1 Å². The fourth-order valence-electron chi connectivity index (χ4n) is 1.78. The molecule has 0 spiro atoms. The highest BCUT2D eigenvalue weighted by molar-refractivity contribution is 5.90. The van der Waals surface area contributed by atoms with Crippen LogP contribution in [0, 0.1) is 5.92 Å². The van der Waals surface area contributed by atoms with E-state index in [1.54, 1.807) is 29.1 Å². The molecule has 1 aromatic carbocycles. The van der Waals surface area contributed by atoms with Crippen molar-refractivity contribution >= 4 is 17.4 Å². The van der Waals surface area contributed by atoms with Crippen LogP contribution in [0.3, 0.4) is 0 Å². The molecule has 1 aromatic heterocycles. The highest BCUT2D eigenvalue weighted by atomic mass is 16.1. The number of benzene rings is 1. The monoisotopic (exact) mass is 258 g/mol. The Labute approximate surface area is 112 Å². The fraction of sp³-hybridized carbons (Fsp3) is 0.286. The second-order valence-corrected chi connectivity index (χ2v) is 4.87. The van der Waals surface area contributed by atoms with Crippen molar-refractivity contribution in [1.29, 1.82) is 0 Å². The van der Waals surface area contributed by atoms with Crippen LogP contribution >= 0.6 is 0 Å². The summed E-state index contributed by atoms with van der Waals surface area (Å²) < 4.78 is 1.68. The van der Waals surface area contributed by atoms with E-state index in [4.69, 9.17) is 5.73 Å². The Morgan fingerprint density at radius 3 is 2.63 bits per heavy atom. The molecule has 5 heteroatoms. The van der Waals surface area contributed by atoms with Gasteiger partial charge >= 0.3 is 0 Å². The molecule has 5 nitrogen and oxygen atoms in total. The summed E-state index contributed by atoms with van der Waals surface area (Å²) in [6.45, 7) is 4.02. The highest BCUT2D eigenvalue weighted by Gasteiger charge is 2.10. The Bertz CT molecular complexity index is 557. The van der Waals surface area contributed by atoms with Crippen LogP contribution in [-0.4, -0.2) is 15.7 Å². The van der Waals surface area contributed by atoms with E-state index in [1.165, 1.54) is 0 Å². The van der Waals surface area contributed by atoms with Crippen LogP contribution in [0.5, 0.6) is 0 Å². The van der Waals surface area contributed by atoms with Crippen LogP contribution < -0.4 is 11.1 Å². The number of carbonyl (C=O) groups excluding carboxylic acids is 1. The summed E-state index contributed by atoms with van der Waals surface area (Å²) in [5, 5.41) is 7.07. The molecule has 0 bridgehead atoms. The van der Waals surface area contributed by atoms with Crippen molar-refractivity contribution < 1.29 is 4.79 Å². The van der Waals surface area contributed by atoms with Crippen LogP contribution in [0.25, 0.3) is 5.69 Å². The minimum Gasteiger partial charge on any atom is -0.399 e. The molecular formula is C14H18N4O. The van der Waals surface area contributed by atoms with Crippen LogP contribution in [0.4, 0.5) is 11.5 Å². The topological polar surface area (TPSA) is 72.9 Å². The van der Waals surface area contributed by atoms with Gasteiger partial charge in [-0.05, 0) is 30.2 Å². The molecule has 0 aliphatic carbocycles. The molecule has 2 aromatic rings. The van der Waals surface area contributed by atoms with E-state index in [9.17, 15) is 4.79 Å². The number of hydrogen-bond donors (Lipinski definition) is 2. The van der Waals surface area contributed by atoms with Gasteiger partial charge in [-0.15, -0.1) is 0 Å². The largest absolute Gasteiger partial charge is 0.399 e. The van der Waals surface area contributed by atoms with Crippen molar-refractivity contribution in [2.75, 3.05) is 11.1 Å². The maximum atomic E-state index is 11.8. The molecule has 0 fully saturated rings. The predicted octanol–water partition coefficient (Wildman–Crippen LogP) is 2.44. The van der Waals surface area contributed by atoms with E-state index >= 15 is 0 Å². The van der Waals surface area contributed by atoms with Gasteiger partial charge in [-0.1, -0.05) is 13.8 Å². The molecule has 3 N–H and O–H groups in total. The summed E-state index contributed by atoms with van der Waals surface area (Å²) in [6.07, 6.45) is 2.15. The molecule has 0 aliphatic heterocycles. The van der Waals surface area contributed by atoms with E-state index in [0.29, 0.717) is 23.8 Å². The average Bonchev–Trinajstić information content (AvgIpc) is 2.77. The number of hydrogen-bond acceptors (Lipinski definition) is 3. The summed E-state index contributed by atoms with van der Waals surface area (Å²) in [6, 6.07) is 9.10. The zero-order valence-electron chi connectivity index (χ0n) is 11.1. The van der Waals surface area contributed by atoms with Crippen LogP contribution in [0.15, 0.2) is 36.5 Å². The summed E-state index contributed by atoms with van der Waals surface area (Å²) in [7, 11) is 0. The first-order valence-electron chi connectivity index (χ1n) is 6.26. The Hall–Kier alpha value is -2.30. The van der Waals surface area contributed by atoms with Gasteiger partial charge in [0, 0.05) is 18.2 Å². The molecule has 2 rings (SSSR count). The van der Waals surface area contributed by atoms with Crippen molar-refractivity contribution in [3.63, 3.8) is 0 Å². The first-order chi connectivity index (χ1) is 9.06. The lowest BCUT2D eigenvalue weighted by Crippen LogP contribution is -2.16. The second-order valence-electron chi connectivity index (χ2n) is 4.87. The van der Waals surface area contributed by atoms with E-state index in [-0.39, 0.29) is 5.91 Å². The minimum absolute atomic E-state index is 0.00723. The fourth-order valence-corrected chi connectivity index (χ4v) is 1.78. The van der Waals surface area contributed by atoms with Crippen LogP contribution in [0.2, 0.25) is 0 Å². The Kier molecular flexibility index (Phi) is 3.85. The van der Waals surface area contributed by atoms with E-state index in [1.807, 2.05) is 26.0 Å². The third kappa shape index (κ3) is 3.34. The summed E-state index contributed by atoms with van der Waals surface area (Å²) >= 11 is 0. The maximum Gasteiger partial charge on any atom is 0.225 e. The molecule has 0 aliphatic rings. The quantitative estimate of drug-likeness (QED) is 0.827. The smallest absolute Gasteiger partial charge is 0.225 e. The van der Waals surface area contributed by atoms with Crippen molar-refractivity contribution in [2.45, 2.75) is 20.3 Å². The van der Waals surface area contributed by atoms with Crippen LogP contribution in [0.1, 0.15) is 20.3 Å². The number of amides is 1. The van der Waals surface area contributed by atoms with E-state index in [2.05, 4.69) is 10.4 Å². The number of nitrogens with one attached hydrogen (secondary N) is 1. The lowest BCUT2D eigenvalue weighted by molar-refractivity contribution is -0.116. The minimum atomic E-state index is -0.00723. The Balaban J connectivity index is 2.18. The molecule has 0 radical (unpaired) electrons. The second kappa shape index (κ2) is 5.56. The number of anilines is 2. The number of rotatable bonds is 4. The molecule has 100 valence electrons. The summed E-state index contributed by atoms with van der Waals surface area (Å²) in [5.41, 5.74) is 7.21. The molecule has 1 heterocycles. The zero-order valence-corrected chi connectivity index (χ0v) is 11.1.